The third kappa shape index (κ3) is 6.05. The molecule has 0 unspecified atom stereocenters. The van der Waals surface area contributed by atoms with Crippen molar-refractivity contribution in [3.8, 4) is 0 Å². The molecule has 1 aliphatic heterocycles. The van der Waals surface area contributed by atoms with E-state index < -0.39 is 5.60 Å². The summed E-state index contributed by atoms with van der Waals surface area (Å²) in [5.41, 5.74) is -0.466. The van der Waals surface area contributed by atoms with E-state index in [2.05, 4.69) is 26.1 Å². The second-order valence-corrected chi connectivity index (χ2v) is 8.29. The minimum Gasteiger partial charge on any atom is -0.388 e. The van der Waals surface area contributed by atoms with E-state index in [1.165, 1.54) is 0 Å². The summed E-state index contributed by atoms with van der Waals surface area (Å²) in [5, 5.41) is 13.4. The summed E-state index contributed by atoms with van der Waals surface area (Å²) in [4.78, 5) is 11.8. The molecule has 0 aromatic heterocycles. The molecule has 23 heavy (non-hydrogen) atoms. The highest BCUT2D eigenvalue weighted by molar-refractivity contribution is 5.77. The third-order valence-electron chi connectivity index (χ3n) is 5.32. The van der Waals surface area contributed by atoms with E-state index in [0.29, 0.717) is 24.5 Å². The van der Waals surface area contributed by atoms with Crippen LogP contribution in [-0.4, -0.2) is 49.1 Å². The zero-order chi connectivity index (χ0) is 16.9. The molecule has 2 rings (SSSR count). The molecule has 134 valence electrons. The van der Waals surface area contributed by atoms with E-state index in [9.17, 15) is 9.90 Å². The van der Waals surface area contributed by atoms with Gasteiger partial charge in [-0.1, -0.05) is 20.8 Å². The summed E-state index contributed by atoms with van der Waals surface area (Å²) in [6.45, 7) is 8.42. The van der Waals surface area contributed by atoms with E-state index in [1.54, 1.807) is 0 Å². The molecule has 0 spiro atoms. The van der Waals surface area contributed by atoms with Crippen molar-refractivity contribution in [1.29, 1.82) is 0 Å². The number of aliphatic hydroxyl groups is 1. The maximum atomic E-state index is 11.8. The van der Waals surface area contributed by atoms with Gasteiger partial charge in [0.25, 0.3) is 0 Å². The average Bonchev–Trinajstić information content (AvgIpc) is 2.98. The fraction of sp³-hybridized carbons (Fsp3) is 0.944. The number of hydrogen-bond acceptors (Lipinski definition) is 4. The van der Waals surface area contributed by atoms with Crippen LogP contribution in [-0.2, 0) is 14.3 Å². The first-order valence-electron chi connectivity index (χ1n) is 8.97. The average molecular weight is 327 g/mol. The van der Waals surface area contributed by atoms with Crippen LogP contribution in [0.5, 0.6) is 0 Å². The van der Waals surface area contributed by atoms with Crippen molar-refractivity contribution in [2.75, 3.05) is 26.4 Å². The van der Waals surface area contributed by atoms with Crippen LogP contribution < -0.4 is 5.32 Å². The van der Waals surface area contributed by atoms with Crippen LogP contribution in [0.15, 0.2) is 0 Å². The van der Waals surface area contributed by atoms with Crippen LogP contribution in [0.25, 0.3) is 0 Å². The number of ether oxygens (including phenoxy) is 2. The fourth-order valence-corrected chi connectivity index (χ4v) is 3.57. The Bertz CT molecular complexity index is 377. The van der Waals surface area contributed by atoms with Crippen LogP contribution in [0.4, 0.5) is 0 Å². The number of rotatable bonds is 6. The lowest BCUT2D eigenvalue weighted by molar-refractivity contribution is -0.128. The molecule has 1 aliphatic carbocycles. The van der Waals surface area contributed by atoms with E-state index in [0.717, 1.165) is 45.1 Å². The Morgan fingerprint density at radius 1 is 1.30 bits per heavy atom. The summed E-state index contributed by atoms with van der Waals surface area (Å²) in [5.74, 6) is 0.489. The molecule has 2 fully saturated rings. The Labute approximate surface area is 140 Å². The van der Waals surface area contributed by atoms with Crippen LogP contribution >= 0.6 is 0 Å². The number of carbonyl (C=O) groups excluding carboxylic acids is 1. The van der Waals surface area contributed by atoms with Crippen molar-refractivity contribution in [3.63, 3.8) is 0 Å². The van der Waals surface area contributed by atoms with Crippen molar-refractivity contribution < 1.29 is 19.4 Å². The summed E-state index contributed by atoms with van der Waals surface area (Å²) in [6, 6.07) is 0. The SMILES string of the molecule is CC(C)(C)C1CCC(O)(CNC(=O)COC[C@H]2CCCO2)CC1. The first kappa shape index (κ1) is 18.7. The molecule has 5 heteroatoms. The molecule has 2 aliphatic rings. The normalized spacial score (nSPS) is 32.0. The Balaban J connectivity index is 1.61. The predicted octanol–water partition coefficient (Wildman–Crippen LogP) is 2.27. The Kier molecular flexibility index (Phi) is 6.46. The van der Waals surface area contributed by atoms with E-state index in [-0.39, 0.29) is 18.6 Å². The van der Waals surface area contributed by atoms with Crippen LogP contribution in [0.2, 0.25) is 0 Å². The van der Waals surface area contributed by atoms with Gasteiger partial charge in [0.15, 0.2) is 0 Å². The van der Waals surface area contributed by atoms with Gasteiger partial charge in [0, 0.05) is 13.2 Å². The van der Waals surface area contributed by atoms with Crippen LogP contribution in [0, 0.1) is 11.3 Å². The monoisotopic (exact) mass is 327 g/mol. The standard InChI is InChI=1S/C18H33NO4/c1-17(2,3)14-6-8-18(21,9-7-14)13-19-16(20)12-22-11-15-5-4-10-23-15/h14-15,21H,4-13H2,1-3H3,(H,19,20)/t14?,15-,18?/m1/s1. The highest BCUT2D eigenvalue weighted by atomic mass is 16.5. The highest BCUT2D eigenvalue weighted by Gasteiger charge is 2.37. The molecule has 0 radical (unpaired) electrons. The van der Waals surface area contributed by atoms with Gasteiger partial charge < -0.3 is 19.9 Å². The molecule has 2 N–H and O–H groups in total. The molecule has 1 atom stereocenters. The molecule has 5 nitrogen and oxygen atoms in total. The number of carbonyl (C=O) groups is 1. The quantitative estimate of drug-likeness (QED) is 0.785. The van der Waals surface area contributed by atoms with E-state index in [4.69, 9.17) is 9.47 Å². The molecular formula is C18H33NO4. The zero-order valence-corrected chi connectivity index (χ0v) is 14.9. The van der Waals surface area contributed by atoms with Crippen molar-refractivity contribution >= 4 is 5.91 Å². The van der Waals surface area contributed by atoms with Gasteiger partial charge in [-0.05, 0) is 49.9 Å². The van der Waals surface area contributed by atoms with Gasteiger partial charge >= 0.3 is 0 Å². The Morgan fingerprint density at radius 2 is 2.00 bits per heavy atom. The maximum absolute atomic E-state index is 11.8. The molecular weight excluding hydrogens is 294 g/mol. The molecule has 0 aromatic rings. The van der Waals surface area contributed by atoms with Gasteiger partial charge in [-0.3, -0.25) is 4.79 Å². The number of hydrogen-bond donors (Lipinski definition) is 2. The minimum absolute atomic E-state index is 0.0422. The molecule has 1 saturated carbocycles. The second kappa shape index (κ2) is 7.95. The third-order valence-corrected chi connectivity index (χ3v) is 5.32. The molecule has 1 saturated heterocycles. The summed E-state index contributed by atoms with van der Waals surface area (Å²) in [7, 11) is 0. The summed E-state index contributed by atoms with van der Waals surface area (Å²) in [6.07, 6.45) is 5.77. The maximum Gasteiger partial charge on any atom is 0.246 e. The first-order chi connectivity index (χ1) is 10.8. The molecule has 0 bridgehead atoms. The second-order valence-electron chi connectivity index (χ2n) is 8.29. The predicted molar refractivity (Wildman–Crippen MR) is 89.2 cm³/mol. The molecule has 1 heterocycles. The van der Waals surface area contributed by atoms with E-state index >= 15 is 0 Å². The highest BCUT2D eigenvalue weighted by Crippen LogP contribution is 2.41. The van der Waals surface area contributed by atoms with Gasteiger partial charge in [0.2, 0.25) is 5.91 Å². The topological polar surface area (TPSA) is 67.8 Å². The lowest BCUT2D eigenvalue weighted by atomic mass is 9.68. The van der Waals surface area contributed by atoms with Crippen molar-refractivity contribution in [2.45, 2.75) is 71.0 Å². The molecule has 0 aromatic carbocycles. The fourth-order valence-electron chi connectivity index (χ4n) is 3.57. The van der Waals surface area contributed by atoms with Crippen molar-refractivity contribution in [1.82, 2.24) is 5.32 Å². The summed E-state index contributed by atoms with van der Waals surface area (Å²) >= 11 is 0. The van der Waals surface area contributed by atoms with Crippen LogP contribution in [0.1, 0.15) is 59.3 Å². The van der Waals surface area contributed by atoms with Gasteiger partial charge in [0.1, 0.15) is 6.61 Å². The van der Waals surface area contributed by atoms with Crippen molar-refractivity contribution in [3.05, 3.63) is 0 Å². The van der Waals surface area contributed by atoms with E-state index in [1.807, 2.05) is 0 Å². The van der Waals surface area contributed by atoms with Gasteiger partial charge in [-0.25, -0.2) is 0 Å². The lowest BCUT2D eigenvalue weighted by Crippen LogP contribution is -2.47. The van der Waals surface area contributed by atoms with Crippen LogP contribution in [0.3, 0.4) is 0 Å². The smallest absolute Gasteiger partial charge is 0.246 e. The lowest BCUT2D eigenvalue weighted by Gasteiger charge is -2.41. The summed E-state index contributed by atoms with van der Waals surface area (Å²) < 4.78 is 10.8. The Hall–Kier alpha value is -0.650. The first-order valence-corrected chi connectivity index (χ1v) is 8.97. The largest absolute Gasteiger partial charge is 0.388 e. The Morgan fingerprint density at radius 3 is 2.57 bits per heavy atom. The molecule has 1 amide bonds. The van der Waals surface area contributed by atoms with Crippen molar-refractivity contribution in [2.24, 2.45) is 11.3 Å². The van der Waals surface area contributed by atoms with Gasteiger partial charge in [-0.15, -0.1) is 0 Å². The van der Waals surface area contributed by atoms with Gasteiger partial charge in [-0.2, -0.15) is 0 Å². The zero-order valence-electron chi connectivity index (χ0n) is 14.9. The minimum atomic E-state index is -0.758. The number of amides is 1. The van der Waals surface area contributed by atoms with Gasteiger partial charge in [0.05, 0.1) is 18.3 Å². The number of nitrogens with one attached hydrogen (secondary N) is 1.